The molecule has 3 unspecified atom stereocenters. The predicted octanol–water partition coefficient (Wildman–Crippen LogP) is 2.58. The van der Waals surface area contributed by atoms with E-state index in [2.05, 4.69) is 41.2 Å². The Bertz CT molecular complexity index is 2990. The number of hydrogen-bond donors (Lipinski definition) is 11. The molecule has 0 spiro atoms. The highest BCUT2D eigenvalue weighted by molar-refractivity contribution is 6.09. The number of benzene rings is 3. The Labute approximate surface area is 362 Å². The van der Waals surface area contributed by atoms with Gasteiger partial charge in [0.15, 0.2) is 0 Å². The highest BCUT2D eigenvalue weighted by Gasteiger charge is 2.30. The number of nitrogens with one attached hydrogen (secondary N) is 7. The van der Waals surface area contributed by atoms with Crippen LogP contribution in [0, 0.1) is 0 Å². The minimum absolute atomic E-state index is 0.117. The maximum absolute atomic E-state index is 12.5. The number of anilines is 1. The Kier molecular flexibility index (Phi) is 11.9. The number of pyridine rings is 1. The first-order valence-corrected chi connectivity index (χ1v) is 20.1. The highest BCUT2D eigenvalue weighted by Crippen LogP contribution is 2.30. The van der Waals surface area contributed by atoms with Crippen LogP contribution in [-0.2, 0) is 24.0 Å². The molecule has 7 heterocycles. The van der Waals surface area contributed by atoms with Gasteiger partial charge >= 0.3 is 11.9 Å². The molecule has 3 aliphatic rings. The average molecular weight is 871 g/mol. The fourth-order valence-electron chi connectivity index (χ4n) is 8.12. The van der Waals surface area contributed by atoms with E-state index < -0.39 is 11.9 Å². The summed E-state index contributed by atoms with van der Waals surface area (Å²) in [5, 5.41) is 50.1. The molecule has 328 valence electrons. The molecule has 19 nitrogen and oxygen atoms in total. The quantitative estimate of drug-likeness (QED) is 0.103. The minimum Gasteiger partial charge on any atom is -0.478 e. The van der Waals surface area contributed by atoms with Gasteiger partial charge in [0.2, 0.25) is 0 Å². The van der Waals surface area contributed by atoms with Crippen LogP contribution in [0.1, 0.15) is 79.2 Å². The molecule has 64 heavy (non-hydrogen) atoms. The largest absolute Gasteiger partial charge is 0.478 e. The van der Waals surface area contributed by atoms with E-state index in [1.165, 1.54) is 13.2 Å². The smallest absolute Gasteiger partial charge is 0.337 e. The van der Waals surface area contributed by atoms with Crippen LogP contribution in [0.3, 0.4) is 0 Å². The van der Waals surface area contributed by atoms with Gasteiger partial charge in [0.05, 0.1) is 68.1 Å². The van der Waals surface area contributed by atoms with Gasteiger partial charge in [-0.05, 0) is 103 Å². The van der Waals surface area contributed by atoms with Gasteiger partial charge in [-0.25, -0.2) is 9.59 Å². The minimum atomic E-state index is -1.00. The van der Waals surface area contributed by atoms with Crippen molar-refractivity contribution >= 4 is 74.0 Å². The first-order chi connectivity index (χ1) is 30.9. The average Bonchev–Trinajstić information content (AvgIpc) is 4.00. The summed E-state index contributed by atoms with van der Waals surface area (Å²) >= 11 is 0. The molecule has 19 heteroatoms. The molecular weight excluding hydrogens is 829 g/mol. The molecule has 4 amide bonds. The van der Waals surface area contributed by atoms with Gasteiger partial charge in [-0.3, -0.25) is 24.2 Å². The molecule has 7 aromatic rings. The number of rotatable bonds is 7. The molecule has 3 atom stereocenters. The van der Waals surface area contributed by atoms with Crippen molar-refractivity contribution in [1.82, 2.24) is 35.9 Å². The van der Waals surface area contributed by atoms with E-state index in [4.69, 9.17) is 14.9 Å². The van der Waals surface area contributed by atoms with Crippen LogP contribution in [0.25, 0.3) is 32.7 Å². The molecule has 0 saturated carbocycles. The van der Waals surface area contributed by atoms with Gasteiger partial charge < -0.3 is 61.4 Å². The topological polar surface area (TPSA) is 301 Å². The lowest BCUT2D eigenvalue weighted by Gasteiger charge is -2.21. The Balaban J connectivity index is 0.000000133. The summed E-state index contributed by atoms with van der Waals surface area (Å²) in [6, 6.07) is 17.6. The van der Waals surface area contributed by atoms with Crippen molar-refractivity contribution in [3.05, 3.63) is 130 Å². The van der Waals surface area contributed by atoms with Gasteiger partial charge in [0.1, 0.15) is 17.1 Å². The number of carboxylic acids is 1. The molecule has 0 saturated heterocycles. The Morgan fingerprint density at radius 2 is 1.06 bits per heavy atom. The van der Waals surface area contributed by atoms with Crippen LogP contribution in [0.2, 0.25) is 0 Å². The normalized spacial score (nSPS) is 17.3. The number of ether oxygens (including phenoxy) is 1. The number of carbonyl (C=O) groups excluding carboxylic acids is 5. The third-order valence-corrected chi connectivity index (χ3v) is 11.3. The molecule has 0 aliphatic carbocycles. The molecule has 0 fully saturated rings. The molecule has 3 aromatic carbocycles. The van der Waals surface area contributed by atoms with Crippen molar-refractivity contribution in [2.45, 2.75) is 37.4 Å². The summed E-state index contributed by atoms with van der Waals surface area (Å²) < 4.78 is 4.70. The summed E-state index contributed by atoms with van der Waals surface area (Å²) in [6.07, 6.45) is 4.75. The maximum atomic E-state index is 12.5. The van der Waals surface area contributed by atoms with E-state index >= 15 is 0 Å². The number of H-pyrrole nitrogens is 3. The van der Waals surface area contributed by atoms with E-state index in [1.54, 1.807) is 73.1 Å². The number of aromatic carboxylic acids is 1. The van der Waals surface area contributed by atoms with E-state index in [0.717, 1.165) is 49.4 Å². The molecule has 10 rings (SSSR count). The number of aliphatic hydroxyl groups excluding tert-OH is 3. The fourth-order valence-corrected chi connectivity index (χ4v) is 8.12. The molecule has 3 aliphatic heterocycles. The summed E-state index contributed by atoms with van der Waals surface area (Å²) in [6.45, 7) is -0.385. The zero-order chi connectivity index (χ0) is 45.2. The zero-order valence-corrected chi connectivity index (χ0v) is 34.1. The second-order valence-electron chi connectivity index (χ2n) is 15.4. The van der Waals surface area contributed by atoms with Gasteiger partial charge in [-0.2, -0.15) is 0 Å². The molecule has 4 aromatic heterocycles. The lowest BCUT2D eigenvalue weighted by Crippen LogP contribution is -2.43. The number of esters is 1. The van der Waals surface area contributed by atoms with Crippen molar-refractivity contribution in [3.63, 3.8) is 0 Å². The number of carbonyl (C=O) groups is 6. The number of aromatic amines is 3. The van der Waals surface area contributed by atoms with Gasteiger partial charge in [0, 0.05) is 44.5 Å². The number of nitrogens with zero attached hydrogens (tertiary/aromatic N) is 1. The van der Waals surface area contributed by atoms with Crippen LogP contribution < -0.4 is 21.3 Å². The Morgan fingerprint density at radius 3 is 1.47 bits per heavy atom. The maximum Gasteiger partial charge on any atom is 0.337 e. The lowest BCUT2D eigenvalue weighted by molar-refractivity contribution is 0.0599. The predicted molar refractivity (Wildman–Crippen MR) is 232 cm³/mol. The standard InChI is InChI=1S/C18H16N4O3.C14H14N2O4.C13H12N2O4/c23-9-12-7-14-13-6-10(17(24)20-11-2-1-5-19-8-11)3-4-15(13)22-16(14)18(25)21-12;1-20-14(19)7-2-3-11-9(4-7)10-5-8(6-17)15-13(18)12(10)16-11;16-5-7-4-9-8-3-6(13(18)19)1-2-10(8)15-11(9)12(17)14-7/h1-6,8,12,22-23H,7,9H2,(H,20,24)(H,21,25);2-4,8,16-17H,5-6H2,1H3,(H,15,18);1-3,7,15-16H,4-5H2,(H,14,17)(H,18,19). The van der Waals surface area contributed by atoms with Crippen LogP contribution >= 0.6 is 0 Å². The number of methoxy groups -OCH3 is 1. The van der Waals surface area contributed by atoms with Crippen molar-refractivity contribution in [3.8, 4) is 0 Å². The number of carboxylic acid groups (broad SMARTS) is 1. The van der Waals surface area contributed by atoms with Crippen molar-refractivity contribution in [2.75, 3.05) is 32.2 Å². The Hall–Kier alpha value is -7.87. The lowest BCUT2D eigenvalue weighted by atomic mass is 9.97. The number of amides is 4. The van der Waals surface area contributed by atoms with Crippen molar-refractivity contribution in [2.24, 2.45) is 0 Å². The van der Waals surface area contributed by atoms with Crippen LogP contribution in [0.15, 0.2) is 79.1 Å². The summed E-state index contributed by atoms with van der Waals surface area (Å²) in [5.74, 6) is -2.41. The second-order valence-corrected chi connectivity index (χ2v) is 15.4. The number of hydrogen-bond acceptors (Lipinski definition) is 11. The molecular formula is C45H42N8O11. The number of aliphatic hydroxyl groups is 3. The first kappa shape index (κ1) is 42.8. The third kappa shape index (κ3) is 8.37. The van der Waals surface area contributed by atoms with E-state index in [9.17, 15) is 39.0 Å². The van der Waals surface area contributed by atoms with Crippen molar-refractivity contribution in [1.29, 1.82) is 0 Å². The zero-order valence-electron chi connectivity index (χ0n) is 34.1. The van der Waals surface area contributed by atoms with E-state index in [0.29, 0.717) is 53.2 Å². The summed E-state index contributed by atoms with van der Waals surface area (Å²) in [4.78, 5) is 84.1. The summed E-state index contributed by atoms with van der Waals surface area (Å²) in [5.41, 5.74) is 7.88. The molecule has 0 radical (unpaired) electrons. The Morgan fingerprint density at radius 1 is 0.641 bits per heavy atom. The molecule has 11 N–H and O–H groups in total. The second kappa shape index (κ2) is 17.8. The van der Waals surface area contributed by atoms with E-state index in [1.807, 2.05) is 0 Å². The van der Waals surface area contributed by atoms with Crippen molar-refractivity contribution < 1.29 is 53.9 Å². The van der Waals surface area contributed by atoms with Gasteiger partial charge in [-0.1, -0.05) is 0 Å². The van der Waals surface area contributed by atoms with Gasteiger partial charge in [-0.15, -0.1) is 0 Å². The third-order valence-electron chi connectivity index (χ3n) is 11.3. The fraction of sp³-hybridized carbons (Fsp3) is 0.222. The number of fused-ring (bicyclic) bond motifs is 9. The van der Waals surface area contributed by atoms with E-state index in [-0.39, 0.29) is 67.1 Å². The monoisotopic (exact) mass is 870 g/mol. The SMILES string of the molecule is COC(=O)c1ccc2[nH]c3c(c2c1)CC(CO)NC3=O.O=C(Nc1cccnc1)c1ccc2[nH]c3c(c2c1)CC(CO)NC3=O.O=C(O)c1ccc2[nH]c3c(c2c1)CC(CO)NC3=O. The van der Waals surface area contributed by atoms with Crippen LogP contribution in [0.5, 0.6) is 0 Å². The number of aromatic nitrogens is 4. The highest BCUT2D eigenvalue weighted by atomic mass is 16.5. The first-order valence-electron chi connectivity index (χ1n) is 20.1. The van der Waals surface area contributed by atoms with Crippen LogP contribution in [-0.4, -0.2) is 121 Å². The molecule has 0 bridgehead atoms. The summed E-state index contributed by atoms with van der Waals surface area (Å²) in [7, 11) is 1.33. The van der Waals surface area contributed by atoms with Crippen LogP contribution in [0.4, 0.5) is 5.69 Å². The van der Waals surface area contributed by atoms with Gasteiger partial charge in [0.25, 0.3) is 23.6 Å².